The number of carbonyl (C=O) groups excluding carboxylic acids is 1. The molecule has 5 heteroatoms. The molecule has 0 spiro atoms. The Hall–Kier alpha value is -1.62. The molecule has 2 rings (SSSR count). The van der Waals surface area contributed by atoms with Crippen molar-refractivity contribution in [1.82, 2.24) is 9.97 Å². The lowest BCUT2D eigenvalue weighted by molar-refractivity contribution is 0.103. The lowest BCUT2D eigenvalue weighted by atomic mass is 10.2. The van der Waals surface area contributed by atoms with E-state index in [0.29, 0.717) is 5.69 Å². The molecule has 0 aromatic carbocycles. The van der Waals surface area contributed by atoms with E-state index in [4.69, 9.17) is 0 Å². The number of halogens is 1. The molecule has 0 amide bonds. The maximum Gasteiger partial charge on any atom is 0.230 e. The Morgan fingerprint density at radius 1 is 1.29 bits per heavy atom. The highest BCUT2D eigenvalue weighted by atomic mass is 32.1. The molecule has 0 aliphatic rings. The molecule has 0 N–H and O–H groups in total. The van der Waals surface area contributed by atoms with Gasteiger partial charge in [-0.2, -0.15) is 0 Å². The first kappa shape index (κ1) is 8.96. The summed E-state index contributed by atoms with van der Waals surface area (Å²) in [5.74, 6) is -0.744. The first-order valence-corrected chi connectivity index (χ1v) is 4.76. The standard InChI is InChI=1S/C9H5FN2OS/c10-6-1-2-7(11-3-6)9(13)8-4-14-5-12-8/h1-5H. The van der Waals surface area contributed by atoms with Crippen LogP contribution >= 0.6 is 11.3 Å². The van der Waals surface area contributed by atoms with Crippen LogP contribution in [0.1, 0.15) is 16.2 Å². The molecular weight excluding hydrogens is 203 g/mol. The topological polar surface area (TPSA) is 42.9 Å². The number of carbonyl (C=O) groups is 1. The predicted octanol–water partition coefficient (Wildman–Crippen LogP) is 1.91. The predicted molar refractivity (Wildman–Crippen MR) is 49.7 cm³/mol. The highest BCUT2D eigenvalue weighted by Crippen LogP contribution is 2.08. The summed E-state index contributed by atoms with van der Waals surface area (Å²) in [6.45, 7) is 0. The number of thiazole rings is 1. The van der Waals surface area contributed by atoms with Crippen LogP contribution in [0, 0.1) is 5.82 Å². The second-order valence-corrected chi connectivity index (χ2v) is 3.28. The van der Waals surface area contributed by atoms with Crippen LogP contribution in [-0.4, -0.2) is 15.8 Å². The summed E-state index contributed by atoms with van der Waals surface area (Å²) in [6.07, 6.45) is 1.01. The fourth-order valence-electron chi connectivity index (χ4n) is 0.966. The first-order chi connectivity index (χ1) is 6.77. The molecule has 14 heavy (non-hydrogen) atoms. The molecular formula is C9H5FN2OS. The van der Waals surface area contributed by atoms with Crippen LogP contribution in [0.15, 0.2) is 29.2 Å². The molecule has 0 atom stereocenters. The molecule has 2 aromatic rings. The fraction of sp³-hybridized carbons (Fsp3) is 0. The van der Waals surface area contributed by atoms with Crippen molar-refractivity contribution in [3.05, 3.63) is 46.4 Å². The smallest absolute Gasteiger partial charge is 0.230 e. The van der Waals surface area contributed by atoms with Gasteiger partial charge in [0.2, 0.25) is 5.78 Å². The molecule has 0 fully saturated rings. The third-order valence-corrected chi connectivity index (χ3v) is 2.21. The Morgan fingerprint density at radius 2 is 2.14 bits per heavy atom. The molecule has 0 saturated heterocycles. The maximum atomic E-state index is 12.5. The zero-order valence-electron chi connectivity index (χ0n) is 6.98. The van der Waals surface area contributed by atoms with Gasteiger partial charge in [-0.3, -0.25) is 4.79 Å². The largest absolute Gasteiger partial charge is 0.285 e. The van der Waals surface area contributed by atoms with Crippen LogP contribution in [0.4, 0.5) is 4.39 Å². The van der Waals surface area contributed by atoms with Gasteiger partial charge in [0.05, 0.1) is 11.7 Å². The van der Waals surface area contributed by atoms with Gasteiger partial charge in [-0.15, -0.1) is 11.3 Å². The normalized spacial score (nSPS) is 10.1. The van der Waals surface area contributed by atoms with Crippen LogP contribution in [0.3, 0.4) is 0 Å². The number of hydrogen-bond donors (Lipinski definition) is 0. The van der Waals surface area contributed by atoms with Gasteiger partial charge in [-0.25, -0.2) is 14.4 Å². The summed E-state index contributed by atoms with van der Waals surface area (Å²) in [6, 6.07) is 2.55. The number of rotatable bonds is 2. The lowest BCUT2D eigenvalue weighted by Gasteiger charge is -1.95. The van der Waals surface area contributed by atoms with E-state index in [1.54, 1.807) is 10.9 Å². The average molecular weight is 208 g/mol. The van der Waals surface area contributed by atoms with E-state index in [2.05, 4.69) is 9.97 Å². The third kappa shape index (κ3) is 1.67. The molecule has 0 saturated carbocycles. The van der Waals surface area contributed by atoms with Crippen molar-refractivity contribution in [2.75, 3.05) is 0 Å². The minimum atomic E-state index is -0.458. The van der Waals surface area contributed by atoms with E-state index in [-0.39, 0.29) is 11.5 Å². The van der Waals surface area contributed by atoms with Crippen LogP contribution in [0.25, 0.3) is 0 Å². The molecule has 0 radical (unpaired) electrons. The van der Waals surface area contributed by atoms with Crippen molar-refractivity contribution in [2.24, 2.45) is 0 Å². The van der Waals surface area contributed by atoms with Crippen LogP contribution in [0.2, 0.25) is 0 Å². The van der Waals surface area contributed by atoms with Crippen LogP contribution in [0.5, 0.6) is 0 Å². The lowest BCUT2D eigenvalue weighted by Crippen LogP contribution is -2.04. The number of nitrogens with zero attached hydrogens (tertiary/aromatic N) is 2. The van der Waals surface area contributed by atoms with Gasteiger partial charge >= 0.3 is 0 Å². The Kier molecular flexibility index (Phi) is 2.32. The average Bonchev–Trinajstić information content (AvgIpc) is 2.71. The first-order valence-electron chi connectivity index (χ1n) is 3.82. The van der Waals surface area contributed by atoms with Crippen molar-refractivity contribution >= 4 is 17.1 Å². The summed E-state index contributed by atoms with van der Waals surface area (Å²) in [4.78, 5) is 19.1. The van der Waals surface area contributed by atoms with Crippen LogP contribution < -0.4 is 0 Å². The second-order valence-electron chi connectivity index (χ2n) is 2.56. The van der Waals surface area contributed by atoms with Gasteiger partial charge in [0, 0.05) is 5.38 Å². The summed E-state index contributed by atoms with van der Waals surface area (Å²) < 4.78 is 12.5. The van der Waals surface area contributed by atoms with Gasteiger partial charge in [-0.05, 0) is 12.1 Å². The summed E-state index contributed by atoms with van der Waals surface area (Å²) >= 11 is 1.33. The Bertz CT molecular complexity index is 438. The van der Waals surface area contributed by atoms with Crippen LogP contribution in [-0.2, 0) is 0 Å². The van der Waals surface area contributed by atoms with Crippen molar-refractivity contribution in [3.8, 4) is 0 Å². The summed E-state index contributed by atoms with van der Waals surface area (Å²) in [5.41, 5.74) is 2.11. The second kappa shape index (κ2) is 3.63. The van der Waals surface area contributed by atoms with E-state index in [1.807, 2.05) is 0 Å². The number of ketones is 1. The molecule has 3 nitrogen and oxygen atoms in total. The quantitative estimate of drug-likeness (QED) is 0.708. The van der Waals surface area contributed by atoms with E-state index < -0.39 is 5.82 Å². The third-order valence-electron chi connectivity index (χ3n) is 1.62. The molecule has 2 heterocycles. The van der Waals surface area contributed by atoms with E-state index in [0.717, 1.165) is 6.20 Å². The van der Waals surface area contributed by atoms with Crippen molar-refractivity contribution in [2.45, 2.75) is 0 Å². The molecule has 0 bridgehead atoms. The van der Waals surface area contributed by atoms with Crippen molar-refractivity contribution in [3.63, 3.8) is 0 Å². The minimum absolute atomic E-state index is 0.206. The molecule has 0 unspecified atom stereocenters. The van der Waals surface area contributed by atoms with Gasteiger partial charge in [0.25, 0.3) is 0 Å². The van der Waals surface area contributed by atoms with Gasteiger partial charge < -0.3 is 0 Å². The number of hydrogen-bond acceptors (Lipinski definition) is 4. The van der Waals surface area contributed by atoms with Gasteiger partial charge in [-0.1, -0.05) is 0 Å². The van der Waals surface area contributed by atoms with Crippen molar-refractivity contribution < 1.29 is 9.18 Å². The molecule has 0 aliphatic heterocycles. The van der Waals surface area contributed by atoms with E-state index >= 15 is 0 Å². The van der Waals surface area contributed by atoms with Crippen molar-refractivity contribution in [1.29, 1.82) is 0 Å². The maximum absolute atomic E-state index is 12.5. The highest BCUT2D eigenvalue weighted by Gasteiger charge is 2.11. The SMILES string of the molecule is O=C(c1ccc(F)cn1)c1cscn1. The monoisotopic (exact) mass is 208 g/mol. The minimum Gasteiger partial charge on any atom is -0.285 e. The Morgan fingerprint density at radius 3 is 2.71 bits per heavy atom. The number of pyridine rings is 1. The number of aromatic nitrogens is 2. The molecule has 70 valence electrons. The molecule has 2 aromatic heterocycles. The molecule has 0 aliphatic carbocycles. The zero-order valence-corrected chi connectivity index (χ0v) is 7.79. The van der Waals surface area contributed by atoms with Gasteiger partial charge in [0.15, 0.2) is 0 Å². The van der Waals surface area contributed by atoms with Gasteiger partial charge in [0.1, 0.15) is 17.2 Å². The fourth-order valence-corrected chi connectivity index (χ4v) is 1.50. The summed E-state index contributed by atoms with van der Waals surface area (Å²) in [5, 5.41) is 1.63. The van der Waals surface area contributed by atoms with E-state index in [9.17, 15) is 9.18 Å². The Labute approximate surface area is 83.3 Å². The summed E-state index contributed by atoms with van der Waals surface area (Å²) in [7, 11) is 0. The Balaban J connectivity index is 2.33. The highest BCUT2D eigenvalue weighted by molar-refractivity contribution is 7.07. The zero-order chi connectivity index (χ0) is 9.97. The van der Waals surface area contributed by atoms with E-state index in [1.165, 1.54) is 23.5 Å².